The first-order valence-corrected chi connectivity index (χ1v) is 9.14. The number of aromatic nitrogens is 4. The molecule has 0 aliphatic heterocycles. The third-order valence-electron chi connectivity index (χ3n) is 4.24. The zero-order chi connectivity index (χ0) is 19.1. The van der Waals surface area contributed by atoms with Crippen LogP contribution in [0.4, 0.5) is 5.69 Å². The molecule has 0 fully saturated rings. The lowest BCUT2D eigenvalue weighted by Gasteiger charge is -2.11. The first kappa shape index (κ1) is 18.7. The number of amides is 1. The van der Waals surface area contributed by atoms with Crippen LogP contribution in [0.25, 0.3) is 11.4 Å². The first-order chi connectivity index (χ1) is 13.2. The quantitative estimate of drug-likeness (QED) is 0.640. The highest BCUT2D eigenvalue weighted by molar-refractivity contribution is 5.94. The van der Waals surface area contributed by atoms with E-state index in [1.807, 2.05) is 61.5 Å². The van der Waals surface area contributed by atoms with Gasteiger partial charge in [0.25, 0.3) is 0 Å². The number of benzene rings is 2. The van der Waals surface area contributed by atoms with Gasteiger partial charge in [-0.15, -0.1) is 10.2 Å². The van der Waals surface area contributed by atoms with Crippen LogP contribution in [0.3, 0.4) is 0 Å². The number of tetrazole rings is 1. The predicted molar refractivity (Wildman–Crippen MR) is 105 cm³/mol. The van der Waals surface area contributed by atoms with Crippen LogP contribution >= 0.6 is 0 Å². The number of aryl methyl sites for hydroxylation is 2. The Balaban J connectivity index is 1.53. The standard InChI is InChI=1S/C20H24N6O/c1-2-6-18(21)20(27)22-17-11-9-15(10-12-17)13-14-26-24-19(23-25-26)16-7-4-3-5-8-16/h3-5,7-12,18H,2,6,13-14,21H2,1H3,(H,22,27). The van der Waals surface area contributed by atoms with Crippen LogP contribution in [-0.4, -0.2) is 32.2 Å². The van der Waals surface area contributed by atoms with Crippen LogP contribution < -0.4 is 11.1 Å². The van der Waals surface area contributed by atoms with Gasteiger partial charge in [0.15, 0.2) is 0 Å². The molecule has 0 saturated heterocycles. The lowest BCUT2D eigenvalue weighted by molar-refractivity contribution is -0.117. The van der Waals surface area contributed by atoms with Crippen molar-refractivity contribution in [3.63, 3.8) is 0 Å². The normalized spacial score (nSPS) is 11.9. The first-order valence-electron chi connectivity index (χ1n) is 9.14. The number of nitrogens with one attached hydrogen (secondary N) is 1. The van der Waals surface area contributed by atoms with Crippen LogP contribution in [0, 0.1) is 0 Å². The minimum Gasteiger partial charge on any atom is -0.325 e. The predicted octanol–water partition coefficient (Wildman–Crippen LogP) is 2.65. The summed E-state index contributed by atoms with van der Waals surface area (Å²) in [5.41, 5.74) is 8.66. The summed E-state index contributed by atoms with van der Waals surface area (Å²) in [7, 11) is 0. The Kier molecular flexibility index (Phi) is 6.27. The summed E-state index contributed by atoms with van der Waals surface area (Å²) in [5, 5.41) is 15.5. The van der Waals surface area contributed by atoms with E-state index in [1.54, 1.807) is 4.80 Å². The topological polar surface area (TPSA) is 98.7 Å². The molecule has 140 valence electrons. The highest BCUT2D eigenvalue weighted by Crippen LogP contribution is 2.13. The number of hydrogen-bond acceptors (Lipinski definition) is 5. The van der Waals surface area contributed by atoms with E-state index in [-0.39, 0.29) is 5.91 Å². The van der Waals surface area contributed by atoms with Crippen molar-refractivity contribution in [2.75, 3.05) is 5.32 Å². The molecule has 1 amide bonds. The average molecular weight is 364 g/mol. The third-order valence-corrected chi connectivity index (χ3v) is 4.24. The van der Waals surface area contributed by atoms with Gasteiger partial charge in [-0.05, 0) is 35.8 Å². The van der Waals surface area contributed by atoms with Crippen molar-refractivity contribution in [2.24, 2.45) is 5.73 Å². The van der Waals surface area contributed by atoms with Crippen LogP contribution in [0.15, 0.2) is 54.6 Å². The number of carbonyl (C=O) groups excluding carboxylic acids is 1. The van der Waals surface area contributed by atoms with E-state index in [4.69, 9.17) is 5.73 Å². The monoisotopic (exact) mass is 364 g/mol. The van der Waals surface area contributed by atoms with Gasteiger partial charge in [-0.25, -0.2) is 0 Å². The number of rotatable bonds is 8. The fraction of sp³-hybridized carbons (Fsp3) is 0.300. The smallest absolute Gasteiger partial charge is 0.241 e. The van der Waals surface area contributed by atoms with E-state index in [2.05, 4.69) is 20.7 Å². The second-order valence-corrected chi connectivity index (χ2v) is 6.41. The number of nitrogens with zero attached hydrogens (tertiary/aromatic N) is 4. The van der Waals surface area contributed by atoms with Crippen molar-refractivity contribution in [1.29, 1.82) is 0 Å². The zero-order valence-corrected chi connectivity index (χ0v) is 15.4. The Bertz CT molecular complexity index is 860. The van der Waals surface area contributed by atoms with Crippen LogP contribution in [0.2, 0.25) is 0 Å². The zero-order valence-electron chi connectivity index (χ0n) is 15.4. The van der Waals surface area contributed by atoms with Crippen molar-refractivity contribution >= 4 is 11.6 Å². The molecule has 1 atom stereocenters. The molecule has 2 aromatic carbocycles. The molecule has 0 radical (unpaired) electrons. The number of anilines is 1. The van der Waals surface area contributed by atoms with E-state index in [0.29, 0.717) is 18.8 Å². The Hall–Kier alpha value is -3.06. The van der Waals surface area contributed by atoms with Crippen molar-refractivity contribution in [3.8, 4) is 11.4 Å². The molecule has 3 aromatic rings. The minimum absolute atomic E-state index is 0.148. The van der Waals surface area contributed by atoms with E-state index in [1.165, 1.54) is 0 Å². The van der Waals surface area contributed by atoms with E-state index in [9.17, 15) is 4.79 Å². The summed E-state index contributed by atoms with van der Waals surface area (Å²) in [5.74, 6) is 0.474. The molecule has 1 unspecified atom stereocenters. The molecule has 27 heavy (non-hydrogen) atoms. The van der Waals surface area contributed by atoms with Gasteiger partial charge in [0.2, 0.25) is 11.7 Å². The molecular weight excluding hydrogens is 340 g/mol. The third kappa shape index (κ3) is 5.21. The van der Waals surface area contributed by atoms with Gasteiger partial charge in [0.1, 0.15) is 0 Å². The second-order valence-electron chi connectivity index (χ2n) is 6.41. The fourth-order valence-corrected chi connectivity index (χ4v) is 2.70. The SMILES string of the molecule is CCCC(N)C(=O)Nc1ccc(CCn2nnc(-c3ccccc3)n2)cc1. The maximum atomic E-state index is 12.0. The van der Waals surface area contributed by atoms with E-state index < -0.39 is 6.04 Å². The van der Waals surface area contributed by atoms with Gasteiger partial charge in [-0.3, -0.25) is 4.79 Å². The Morgan fingerprint density at radius 2 is 1.89 bits per heavy atom. The molecule has 1 heterocycles. The maximum Gasteiger partial charge on any atom is 0.241 e. The second kappa shape index (κ2) is 9.05. The molecular formula is C20H24N6O. The van der Waals surface area contributed by atoms with Crippen molar-refractivity contribution < 1.29 is 4.79 Å². The minimum atomic E-state index is -0.466. The van der Waals surface area contributed by atoms with Gasteiger partial charge in [0.05, 0.1) is 12.6 Å². The molecule has 0 aliphatic rings. The van der Waals surface area contributed by atoms with Gasteiger partial charge >= 0.3 is 0 Å². The number of hydrogen-bond donors (Lipinski definition) is 2. The molecule has 3 rings (SSSR count). The van der Waals surface area contributed by atoms with E-state index >= 15 is 0 Å². The number of nitrogens with two attached hydrogens (primary N) is 1. The molecule has 3 N–H and O–H groups in total. The molecule has 0 spiro atoms. The average Bonchev–Trinajstić information content (AvgIpc) is 3.17. The van der Waals surface area contributed by atoms with Gasteiger partial charge < -0.3 is 11.1 Å². The summed E-state index contributed by atoms with van der Waals surface area (Å²) in [6.07, 6.45) is 2.34. The van der Waals surface area contributed by atoms with Crippen molar-refractivity contribution in [1.82, 2.24) is 20.2 Å². The van der Waals surface area contributed by atoms with Gasteiger partial charge in [-0.2, -0.15) is 4.80 Å². The van der Waals surface area contributed by atoms with Crippen LogP contribution in [0.1, 0.15) is 25.3 Å². The molecule has 0 bridgehead atoms. The molecule has 0 saturated carbocycles. The van der Waals surface area contributed by atoms with Gasteiger partial charge in [0, 0.05) is 11.3 Å². The summed E-state index contributed by atoms with van der Waals surface area (Å²) in [6.45, 7) is 2.64. The molecule has 1 aromatic heterocycles. The van der Waals surface area contributed by atoms with Crippen molar-refractivity contribution in [3.05, 3.63) is 60.2 Å². The Morgan fingerprint density at radius 1 is 1.15 bits per heavy atom. The highest BCUT2D eigenvalue weighted by atomic mass is 16.2. The lowest BCUT2D eigenvalue weighted by atomic mass is 10.1. The highest BCUT2D eigenvalue weighted by Gasteiger charge is 2.12. The fourth-order valence-electron chi connectivity index (χ4n) is 2.70. The Morgan fingerprint density at radius 3 is 2.59 bits per heavy atom. The van der Waals surface area contributed by atoms with Crippen molar-refractivity contribution in [2.45, 2.75) is 38.8 Å². The summed E-state index contributed by atoms with van der Waals surface area (Å²) in [4.78, 5) is 13.6. The molecule has 7 nitrogen and oxygen atoms in total. The summed E-state index contributed by atoms with van der Waals surface area (Å²) >= 11 is 0. The largest absolute Gasteiger partial charge is 0.325 e. The summed E-state index contributed by atoms with van der Waals surface area (Å²) < 4.78 is 0. The van der Waals surface area contributed by atoms with Crippen LogP contribution in [0.5, 0.6) is 0 Å². The summed E-state index contributed by atoms with van der Waals surface area (Å²) in [6, 6.07) is 17.0. The Labute approximate surface area is 158 Å². The lowest BCUT2D eigenvalue weighted by Crippen LogP contribution is -2.35. The number of carbonyl (C=O) groups is 1. The van der Waals surface area contributed by atoms with Crippen LogP contribution in [-0.2, 0) is 17.8 Å². The maximum absolute atomic E-state index is 12.0. The molecule has 7 heteroatoms. The van der Waals surface area contributed by atoms with E-state index in [0.717, 1.165) is 29.7 Å². The molecule has 0 aliphatic carbocycles. The van der Waals surface area contributed by atoms with Gasteiger partial charge in [-0.1, -0.05) is 55.8 Å².